The fourth-order valence-electron chi connectivity index (χ4n) is 0.545. The van der Waals surface area contributed by atoms with Crippen LogP contribution in [-0.2, 0) is 4.79 Å². The summed E-state index contributed by atoms with van der Waals surface area (Å²) < 4.78 is 0. The summed E-state index contributed by atoms with van der Waals surface area (Å²) in [5.41, 5.74) is 0. The van der Waals surface area contributed by atoms with Crippen LogP contribution in [0.1, 0.15) is 13.3 Å². The highest BCUT2D eigenvalue weighted by Crippen LogP contribution is 2.12. The molecule has 0 rings (SSSR count). The molecule has 0 radical (unpaired) electrons. The highest BCUT2D eigenvalue weighted by Gasteiger charge is 2.11. The Balaban J connectivity index is 3.54. The van der Waals surface area contributed by atoms with Gasteiger partial charge < -0.3 is 0 Å². The van der Waals surface area contributed by atoms with Gasteiger partial charge in [0.1, 0.15) is 0 Å². The lowest BCUT2D eigenvalue weighted by molar-refractivity contribution is -0.114. The van der Waals surface area contributed by atoms with E-state index in [-0.39, 0.29) is 11.2 Å². The van der Waals surface area contributed by atoms with E-state index in [9.17, 15) is 4.79 Å². The molecule has 0 aromatic carbocycles. The Morgan fingerprint density at radius 3 is 2.44 bits per heavy atom. The second-order valence-corrected chi connectivity index (χ2v) is 3.15. The first-order chi connectivity index (χ1) is 4.22. The Bertz CT molecular complexity index is 95.1. The zero-order valence-corrected chi connectivity index (χ0v) is 7.26. The second kappa shape index (κ2) is 5.12. The normalized spacial score (nSPS) is 13.2. The summed E-state index contributed by atoms with van der Waals surface area (Å²) in [5, 5.41) is -0.202. The minimum atomic E-state index is -0.202. The number of hydrogen-bond acceptors (Lipinski definition) is 2. The molecule has 0 aliphatic heterocycles. The molecule has 0 saturated heterocycles. The van der Waals surface area contributed by atoms with Crippen LogP contribution in [0, 0.1) is 5.92 Å². The summed E-state index contributed by atoms with van der Waals surface area (Å²) in [6, 6.07) is 0. The number of thioether (sulfide) groups is 1. The third-order valence-corrected chi connectivity index (χ3v) is 2.23. The molecule has 0 aliphatic rings. The zero-order chi connectivity index (χ0) is 7.28. The number of halogens is 1. The van der Waals surface area contributed by atoms with E-state index in [2.05, 4.69) is 0 Å². The van der Waals surface area contributed by atoms with Crippen LogP contribution in [0.5, 0.6) is 0 Å². The molecule has 1 unspecified atom stereocenters. The van der Waals surface area contributed by atoms with E-state index < -0.39 is 0 Å². The maximum Gasteiger partial charge on any atom is 0.225 e. The van der Waals surface area contributed by atoms with Gasteiger partial charge in [-0.3, -0.25) is 4.79 Å². The predicted molar refractivity (Wildman–Crippen MR) is 43.0 cm³/mol. The van der Waals surface area contributed by atoms with Crippen molar-refractivity contribution in [3.05, 3.63) is 0 Å². The molecular weight excluding hydrogens is 156 g/mol. The molecule has 54 valence electrons. The van der Waals surface area contributed by atoms with Gasteiger partial charge in [-0.05, 0) is 24.3 Å². The molecule has 0 saturated carbocycles. The van der Waals surface area contributed by atoms with Crippen molar-refractivity contribution in [1.29, 1.82) is 0 Å². The van der Waals surface area contributed by atoms with Crippen LogP contribution in [0.2, 0.25) is 0 Å². The van der Waals surface area contributed by atoms with Crippen molar-refractivity contribution in [3.63, 3.8) is 0 Å². The first-order valence-corrected chi connectivity index (χ1v) is 4.67. The fourth-order valence-corrected chi connectivity index (χ4v) is 1.66. The van der Waals surface area contributed by atoms with Crippen LogP contribution in [0.25, 0.3) is 0 Å². The minimum absolute atomic E-state index is 0.0571. The van der Waals surface area contributed by atoms with Crippen molar-refractivity contribution in [2.75, 3.05) is 12.0 Å². The zero-order valence-electron chi connectivity index (χ0n) is 5.69. The fraction of sp³-hybridized carbons (Fsp3) is 0.833. The molecule has 0 aromatic heterocycles. The van der Waals surface area contributed by atoms with Gasteiger partial charge in [0.2, 0.25) is 5.24 Å². The van der Waals surface area contributed by atoms with E-state index in [4.69, 9.17) is 11.6 Å². The molecule has 0 fully saturated rings. The average Bonchev–Trinajstić information content (AvgIpc) is 1.82. The lowest BCUT2D eigenvalue weighted by Crippen LogP contribution is -2.09. The minimum Gasteiger partial charge on any atom is -0.281 e. The number of hydrogen-bond donors (Lipinski definition) is 0. The summed E-state index contributed by atoms with van der Waals surface area (Å²) in [6.07, 6.45) is 2.83. The molecule has 0 aliphatic carbocycles. The van der Waals surface area contributed by atoms with E-state index >= 15 is 0 Å². The Labute approximate surface area is 65.2 Å². The van der Waals surface area contributed by atoms with Crippen molar-refractivity contribution in [2.24, 2.45) is 5.92 Å². The van der Waals surface area contributed by atoms with Gasteiger partial charge in [0, 0.05) is 11.7 Å². The molecule has 1 nitrogen and oxygen atoms in total. The van der Waals surface area contributed by atoms with Crippen LogP contribution in [0.15, 0.2) is 0 Å². The summed E-state index contributed by atoms with van der Waals surface area (Å²) in [4.78, 5) is 10.5. The molecular formula is C6H11ClOS. The summed E-state index contributed by atoms with van der Waals surface area (Å²) in [5.74, 6) is 0.903. The Kier molecular flexibility index (Phi) is 5.30. The standard InChI is InChI=1S/C6H11ClOS/c1-3-5(4-9-2)6(7)8/h5H,3-4H2,1-2H3. The van der Waals surface area contributed by atoms with E-state index in [1.807, 2.05) is 13.2 Å². The van der Waals surface area contributed by atoms with Gasteiger partial charge in [0.05, 0.1) is 0 Å². The highest BCUT2D eigenvalue weighted by atomic mass is 35.5. The van der Waals surface area contributed by atoms with Crippen molar-refractivity contribution < 1.29 is 4.79 Å². The summed E-state index contributed by atoms with van der Waals surface area (Å²) in [7, 11) is 0. The Morgan fingerprint density at radius 1 is 1.78 bits per heavy atom. The SMILES string of the molecule is CCC(CSC)C(=O)Cl. The van der Waals surface area contributed by atoms with Crippen molar-refractivity contribution in [3.8, 4) is 0 Å². The van der Waals surface area contributed by atoms with Gasteiger partial charge >= 0.3 is 0 Å². The van der Waals surface area contributed by atoms with Gasteiger partial charge in [-0.1, -0.05) is 6.92 Å². The monoisotopic (exact) mass is 166 g/mol. The first kappa shape index (κ1) is 9.31. The second-order valence-electron chi connectivity index (χ2n) is 1.86. The predicted octanol–water partition coefficient (Wildman–Crippen LogP) is 2.14. The van der Waals surface area contributed by atoms with Gasteiger partial charge in [-0.25, -0.2) is 0 Å². The number of rotatable bonds is 4. The van der Waals surface area contributed by atoms with Crippen molar-refractivity contribution >= 4 is 28.6 Å². The van der Waals surface area contributed by atoms with Crippen LogP contribution < -0.4 is 0 Å². The molecule has 0 spiro atoms. The summed E-state index contributed by atoms with van der Waals surface area (Å²) in [6.45, 7) is 1.97. The smallest absolute Gasteiger partial charge is 0.225 e. The maximum absolute atomic E-state index is 10.5. The van der Waals surface area contributed by atoms with E-state index in [0.717, 1.165) is 12.2 Å². The molecule has 0 amide bonds. The van der Waals surface area contributed by atoms with E-state index in [0.29, 0.717) is 0 Å². The van der Waals surface area contributed by atoms with Crippen LogP contribution in [0.4, 0.5) is 0 Å². The van der Waals surface area contributed by atoms with Crippen molar-refractivity contribution in [1.82, 2.24) is 0 Å². The molecule has 3 heteroatoms. The third kappa shape index (κ3) is 3.82. The van der Waals surface area contributed by atoms with E-state index in [1.165, 1.54) is 0 Å². The number of carbonyl (C=O) groups excluding carboxylic acids is 1. The molecule has 0 aromatic rings. The maximum atomic E-state index is 10.5. The Morgan fingerprint density at radius 2 is 2.33 bits per heavy atom. The van der Waals surface area contributed by atoms with Crippen LogP contribution in [0.3, 0.4) is 0 Å². The third-order valence-electron chi connectivity index (χ3n) is 1.18. The first-order valence-electron chi connectivity index (χ1n) is 2.90. The van der Waals surface area contributed by atoms with Gasteiger partial charge in [-0.2, -0.15) is 11.8 Å². The summed E-state index contributed by atoms with van der Waals surface area (Å²) >= 11 is 6.93. The molecule has 1 atom stereocenters. The topological polar surface area (TPSA) is 17.1 Å². The number of carbonyl (C=O) groups is 1. The average molecular weight is 167 g/mol. The van der Waals surface area contributed by atoms with Gasteiger partial charge in [0.25, 0.3) is 0 Å². The van der Waals surface area contributed by atoms with Crippen LogP contribution in [-0.4, -0.2) is 17.3 Å². The van der Waals surface area contributed by atoms with E-state index in [1.54, 1.807) is 11.8 Å². The largest absolute Gasteiger partial charge is 0.281 e. The molecule has 0 heterocycles. The Hall–Kier alpha value is 0.310. The van der Waals surface area contributed by atoms with Crippen LogP contribution >= 0.6 is 23.4 Å². The van der Waals surface area contributed by atoms with Gasteiger partial charge in [0.15, 0.2) is 0 Å². The molecule has 9 heavy (non-hydrogen) atoms. The highest BCUT2D eigenvalue weighted by molar-refractivity contribution is 7.98. The molecule has 0 N–H and O–H groups in total. The molecule has 0 bridgehead atoms. The van der Waals surface area contributed by atoms with Gasteiger partial charge in [-0.15, -0.1) is 0 Å². The lowest BCUT2D eigenvalue weighted by Gasteiger charge is -2.05. The quantitative estimate of drug-likeness (QED) is 0.596. The lowest BCUT2D eigenvalue weighted by atomic mass is 10.1. The van der Waals surface area contributed by atoms with Crippen molar-refractivity contribution in [2.45, 2.75) is 13.3 Å².